The number of hydrogen-bond donors (Lipinski definition) is 0. The van der Waals surface area contributed by atoms with Crippen LogP contribution in [0.4, 0.5) is 8.78 Å². The van der Waals surface area contributed by atoms with E-state index in [1.54, 1.807) is 6.07 Å². The first kappa shape index (κ1) is 8.95. The van der Waals surface area contributed by atoms with Gasteiger partial charge in [0.1, 0.15) is 11.6 Å². The molecule has 62 valence electrons. The Morgan fingerprint density at radius 3 is 2.25 bits per heavy atom. The Labute approximate surface area is 73.2 Å². The van der Waals surface area contributed by atoms with Crippen LogP contribution in [0.3, 0.4) is 0 Å². The van der Waals surface area contributed by atoms with Crippen molar-refractivity contribution in [3.63, 3.8) is 0 Å². The van der Waals surface area contributed by atoms with Crippen LogP contribution in [-0.4, -0.2) is 0 Å². The summed E-state index contributed by atoms with van der Waals surface area (Å²) in [4.78, 5) is 0. The normalized spacial score (nSPS) is 9.50. The minimum absolute atomic E-state index is 0.00769. The highest BCUT2D eigenvalue weighted by Gasteiger charge is 2.09. The molecule has 0 aliphatic rings. The summed E-state index contributed by atoms with van der Waals surface area (Å²) in [5.74, 6) is -1.55. The van der Waals surface area contributed by atoms with Crippen LogP contribution in [0.1, 0.15) is 5.56 Å². The number of rotatable bonds is 1. The molecule has 0 saturated heterocycles. The molecule has 0 aliphatic carbocycles. The molecule has 1 nitrogen and oxygen atoms in total. The molecule has 1 rings (SSSR count). The Bertz CT molecular complexity index is 320. The molecule has 0 bridgehead atoms. The predicted molar refractivity (Wildman–Crippen MR) is 40.7 cm³/mol. The third-order valence-corrected chi connectivity index (χ3v) is 1.58. The van der Waals surface area contributed by atoms with E-state index >= 15 is 0 Å². The van der Waals surface area contributed by atoms with Crippen LogP contribution in [0.25, 0.3) is 0 Å². The van der Waals surface area contributed by atoms with Gasteiger partial charge in [0.25, 0.3) is 0 Å². The lowest BCUT2D eigenvalue weighted by molar-refractivity contribution is 0.563. The molecule has 0 radical (unpaired) electrons. The van der Waals surface area contributed by atoms with Crippen LogP contribution in [0.15, 0.2) is 12.1 Å². The van der Waals surface area contributed by atoms with Crippen molar-refractivity contribution in [2.24, 2.45) is 0 Å². The van der Waals surface area contributed by atoms with Gasteiger partial charge in [0.15, 0.2) is 0 Å². The molecule has 4 heteroatoms. The summed E-state index contributed by atoms with van der Waals surface area (Å²) >= 11 is 5.36. The second kappa shape index (κ2) is 3.51. The monoisotopic (exact) mass is 187 g/mol. The van der Waals surface area contributed by atoms with Gasteiger partial charge in [0.05, 0.1) is 12.5 Å². The van der Waals surface area contributed by atoms with Gasteiger partial charge >= 0.3 is 0 Å². The van der Waals surface area contributed by atoms with Crippen LogP contribution in [0.5, 0.6) is 0 Å². The molecule has 0 atom stereocenters. The second-order valence-electron chi connectivity index (χ2n) is 2.18. The van der Waals surface area contributed by atoms with Gasteiger partial charge in [0, 0.05) is 10.6 Å². The highest BCUT2D eigenvalue weighted by atomic mass is 35.5. The first-order valence-corrected chi connectivity index (χ1v) is 3.53. The molecular formula is C8H4ClF2N. The molecular weight excluding hydrogens is 184 g/mol. The van der Waals surface area contributed by atoms with Crippen molar-refractivity contribution in [3.8, 4) is 6.07 Å². The Morgan fingerprint density at radius 1 is 1.33 bits per heavy atom. The smallest absolute Gasteiger partial charge is 0.131 e. The van der Waals surface area contributed by atoms with Gasteiger partial charge in [-0.25, -0.2) is 8.78 Å². The summed E-state index contributed by atoms with van der Waals surface area (Å²) in [5.41, 5.74) is -0.234. The number of nitriles is 1. The van der Waals surface area contributed by atoms with Crippen molar-refractivity contribution in [1.29, 1.82) is 5.26 Å². The second-order valence-corrected chi connectivity index (χ2v) is 2.62. The standard InChI is InChI=1S/C8H4ClF2N/c9-5-3-7(10)6(1-2-12)8(11)4-5/h3-4H,1H2. The molecule has 0 amide bonds. The van der Waals surface area contributed by atoms with E-state index in [0.717, 1.165) is 12.1 Å². The van der Waals surface area contributed by atoms with Crippen LogP contribution in [-0.2, 0) is 6.42 Å². The maximum absolute atomic E-state index is 12.8. The number of halogens is 3. The maximum Gasteiger partial charge on any atom is 0.131 e. The summed E-state index contributed by atoms with van der Waals surface area (Å²) in [5, 5.41) is 8.21. The molecule has 0 spiro atoms. The van der Waals surface area contributed by atoms with E-state index in [-0.39, 0.29) is 17.0 Å². The minimum atomic E-state index is -0.776. The highest BCUT2D eigenvalue weighted by molar-refractivity contribution is 6.30. The first-order chi connectivity index (χ1) is 5.65. The van der Waals surface area contributed by atoms with Crippen LogP contribution in [0, 0.1) is 23.0 Å². The van der Waals surface area contributed by atoms with E-state index < -0.39 is 11.6 Å². The third kappa shape index (κ3) is 1.72. The van der Waals surface area contributed by atoms with Crippen LogP contribution >= 0.6 is 11.6 Å². The lowest BCUT2D eigenvalue weighted by Crippen LogP contribution is -1.93. The first-order valence-electron chi connectivity index (χ1n) is 3.15. The van der Waals surface area contributed by atoms with Gasteiger partial charge < -0.3 is 0 Å². The highest BCUT2D eigenvalue weighted by Crippen LogP contribution is 2.18. The zero-order chi connectivity index (χ0) is 9.14. The largest absolute Gasteiger partial charge is 0.206 e. The topological polar surface area (TPSA) is 23.8 Å². The average molecular weight is 188 g/mol. The van der Waals surface area contributed by atoms with E-state index in [2.05, 4.69) is 0 Å². The van der Waals surface area contributed by atoms with Gasteiger partial charge in [-0.2, -0.15) is 5.26 Å². The SMILES string of the molecule is N#CCc1c(F)cc(Cl)cc1F. The Balaban J connectivity index is 3.21. The quantitative estimate of drug-likeness (QED) is 0.663. The molecule has 12 heavy (non-hydrogen) atoms. The summed E-state index contributed by atoms with van der Waals surface area (Å²) in [6.07, 6.45) is -0.283. The number of hydrogen-bond acceptors (Lipinski definition) is 1. The Morgan fingerprint density at radius 2 is 1.83 bits per heavy atom. The molecule has 0 fully saturated rings. The van der Waals surface area contributed by atoms with E-state index in [9.17, 15) is 8.78 Å². The third-order valence-electron chi connectivity index (χ3n) is 1.36. The molecule has 0 aliphatic heterocycles. The van der Waals surface area contributed by atoms with Crippen molar-refractivity contribution in [2.75, 3.05) is 0 Å². The molecule has 0 aromatic heterocycles. The molecule has 0 unspecified atom stereocenters. The van der Waals surface area contributed by atoms with Gasteiger partial charge in [-0.05, 0) is 12.1 Å². The lowest BCUT2D eigenvalue weighted by atomic mass is 10.1. The Kier molecular flexibility index (Phi) is 2.61. The fraction of sp³-hybridized carbons (Fsp3) is 0.125. The summed E-state index contributed by atoms with van der Waals surface area (Å²) in [7, 11) is 0. The molecule has 1 aromatic carbocycles. The van der Waals surface area contributed by atoms with Crippen molar-refractivity contribution in [3.05, 3.63) is 34.4 Å². The van der Waals surface area contributed by atoms with Crippen LogP contribution < -0.4 is 0 Å². The predicted octanol–water partition coefficient (Wildman–Crippen LogP) is 2.68. The van der Waals surface area contributed by atoms with E-state index in [1.165, 1.54) is 0 Å². The van der Waals surface area contributed by atoms with E-state index in [0.29, 0.717) is 0 Å². The molecule has 0 heterocycles. The number of benzene rings is 1. The van der Waals surface area contributed by atoms with E-state index in [4.69, 9.17) is 16.9 Å². The zero-order valence-electron chi connectivity index (χ0n) is 5.94. The summed E-state index contributed by atoms with van der Waals surface area (Å²) in [6.45, 7) is 0. The van der Waals surface area contributed by atoms with Gasteiger partial charge in [0.2, 0.25) is 0 Å². The van der Waals surface area contributed by atoms with Gasteiger partial charge in [-0.15, -0.1) is 0 Å². The van der Waals surface area contributed by atoms with Gasteiger partial charge in [-0.3, -0.25) is 0 Å². The van der Waals surface area contributed by atoms with Gasteiger partial charge in [-0.1, -0.05) is 11.6 Å². The molecule has 1 aromatic rings. The Hall–Kier alpha value is -1.14. The van der Waals surface area contributed by atoms with Crippen molar-refractivity contribution >= 4 is 11.6 Å². The summed E-state index contributed by atoms with van der Waals surface area (Å²) in [6, 6.07) is 3.63. The molecule has 0 N–H and O–H groups in total. The van der Waals surface area contributed by atoms with Crippen LogP contribution in [0.2, 0.25) is 5.02 Å². The minimum Gasteiger partial charge on any atom is -0.206 e. The summed E-state index contributed by atoms with van der Waals surface area (Å²) < 4.78 is 25.6. The van der Waals surface area contributed by atoms with E-state index in [1.807, 2.05) is 0 Å². The van der Waals surface area contributed by atoms with Crippen molar-refractivity contribution in [2.45, 2.75) is 6.42 Å². The molecule has 0 saturated carbocycles. The zero-order valence-corrected chi connectivity index (χ0v) is 6.70. The fourth-order valence-corrected chi connectivity index (χ4v) is 1.01. The average Bonchev–Trinajstić information content (AvgIpc) is 1.96. The lowest BCUT2D eigenvalue weighted by Gasteiger charge is -1.99. The number of nitrogens with zero attached hydrogens (tertiary/aromatic N) is 1. The van der Waals surface area contributed by atoms with Crippen molar-refractivity contribution in [1.82, 2.24) is 0 Å². The van der Waals surface area contributed by atoms with Crippen molar-refractivity contribution < 1.29 is 8.78 Å². The maximum atomic E-state index is 12.8. The fourth-order valence-electron chi connectivity index (χ4n) is 0.820.